The first-order chi connectivity index (χ1) is 9.76. The molecule has 0 unspecified atom stereocenters. The number of nitrogens with one attached hydrogen (secondary N) is 1. The van der Waals surface area contributed by atoms with Gasteiger partial charge in [0.15, 0.2) is 0 Å². The summed E-state index contributed by atoms with van der Waals surface area (Å²) in [4.78, 5) is 0. The van der Waals surface area contributed by atoms with E-state index >= 15 is 0 Å². The van der Waals surface area contributed by atoms with Crippen molar-refractivity contribution >= 4 is 21.6 Å². The Hall–Kier alpha value is -1.68. The maximum Gasteiger partial charge on any atom is 0.127 e. The largest absolute Gasteiger partial charge is 0.497 e. The Bertz CT molecular complexity index is 628. The fourth-order valence-electron chi connectivity index (χ4n) is 2.41. The van der Waals surface area contributed by atoms with Gasteiger partial charge in [-0.3, -0.25) is 0 Å². The van der Waals surface area contributed by atoms with Crippen LogP contribution in [0, 0.1) is 0 Å². The average molecular weight is 334 g/mol. The van der Waals surface area contributed by atoms with Gasteiger partial charge in [-0.15, -0.1) is 0 Å². The fourth-order valence-corrected chi connectivity index (χ4v) is 2.96. The van der Waals surface area contributed by atoms with Crippen LogP contribution in [0.4, 0.5) is 5.69 Å². The van der Waals surface area contributed by atoms with Crippen molar-refractivity contribution in [2.24, 2.45) is 0 Å². The van der Waals surface area contributed by atoms with Gasteiger partial charge in [-0.25, -0.2) is 0 Å². The van der Waals surface area contributed by atoms with Gasteiger partial charge in [0.05, 0.1) is 13.7 Å². The molecular formula is C16H16BrNO2. The second kappa shape index (κ2) is 5.75. The molecule has 0 radical (unpaired) electrons. The lowest BCUT2D eigenvalue weighted by molar-refractivity contribution is 0.354. The van der Waals surface area contributed by atoms with Gasteiger partial charge >= 0.3 is 0 Å². The average Bonchev–Trinajstić information content (AvgIpc) is 2.93. The molecule has 0 aromatic heterocycles. The molecule has 20 heavy (non-hydrogen) atoms. The summed E-state index contributed by atoms with van der Waals surface area (Å²) in [5.41, 5.74) is 3.49. The van der Waals surface area contributed by atoms with Crippen LogP contribution in [0.1, 0.15) is 11.1 Å². The Labute approximate surface area is 127 Å². The van der Waals surface area contributed by atoms with Crippen molar-refractivity contribution in [3.8, 4) is 11.5 Å². The van der Waals surface area contributed by atoms with Crippen LogP contribution in [0.15, 0.2) is 40.9 Å². The molecular weight excluding hydrogens is 318 g/mol. The predicted octanol–water partition coefficient (Wildman–Crippen LogP) is 4.00. The number of anilines is 1. The van der Waals surface area contributed by atoms with Crippen molar-refractivity contribution in [1.29, 1.82) is 0 Å². The van der Waals surface area contributed by atoms with Gasteiger partial charge in [-0.1, -0.05) is 22.0 Å². The third kappa shape index (κ3) is 2.75. The maximum atomic E-state index is 5.73. The van der Waals surface area contributed by atoms with Gasteiger partial charge in [0.25, 0.3) is 0 Å². The van der Waals surface area contributed by atoms with Crippen molar-refractivity contribution in [1.82, 2.24) is 0 Å². The molecule has 3 rings (SSSR count). The summed E-state index contributed by atoms with van der Waals surface area (Å²) < 4.78 is 12.1. The SMILES string of the molecule is COc1cccc(NCc2cc(Br)cc3c2OCC3)c1. The van der Waals surface area contributed by atoms with Crippen molar-refractivity contribution in [2.45, 2.75) is 13.0 Å². The van der Waals surface area contributed by atoms with E-state index in [1.54, 1.807) is 7.11 Å². The van der Waals surface area contributed by atoms with Crippen molar-refractivity contribution in [3.63, 3.8) is 0 Å². The lowest BCUT2D eigenvalue weighted by Crippen LogP contribution is -2.02. The van der Waals surface area contributed by atoms with Crippen LogP contribution in [-0.4, -0.2) is 13.7 Å². The number of hydrogen-bond acceptors (Lipinski definition) is 3. The molecule has 0 aliphatic carbocycles. The molecule has 1 heterocycles. The zero-order chi connectivity index (χ0) is 13.9. The van der Waals surface area contributed by atoms with Crippen molar-refractivity contribution in [2.75, 3.05) is 19.0 Å². The molecule has 0 atom stereocenters. The number of ether oxygens (including phenoxy) is 2. The van der Waals surface area contributed by atoms with Crippen LogP contribution in [0.3, 0.4) is 0 Å². The molecule has 0 spiro atoms. The molecule has 3 nitrogen and oxygen atoms in total. The second-order valence-electron chi connectivity index (χ2n) is 4.74. The van der Waals surface area contributed by atoms with E-state index in [-0.39, 0.29) is 0 Å². The molecule has 0 bridgehead atoms. The van der Waals surface area contributed by atoms with Crippen molar-refractivity contribution in [3.05, 3.63) is 52.0 Å². The van der Waals surface area contributed by atoms with Gasteiger partial charge < -0.3 is 14.8 Å². The van der Waals surface area contributed by atoms with Crippen LogP contribution in [0.2, 0.25) is 0 Å². The molecule has 0 amide bonds. The Balaban J connectivity index is 1.78. The van der Waals surface area contributed by atoms with Crippen LogP contribution in [-0.2, 0) is 13.0 Å². The van der Waals surface area contributed by atoms with Crippen LogP contribution >= 0.6 is 15.9 Å². The van der Waals surface area contributed by atoms with Gasteiger partial charge in [0.2, 0.25) is 0 Å². The summed E-state index contributed by atoms with van der Waals surface area (Å²) in [5, 5.41) is 3.41. The van der Waals surface area contributed by atoms with Crippen molar-refractivity contribution < 1.29 is 9.47 Å². The van der Waals surface area contributed by atoms with Gasteiger partial charge in [0, 0.05) is 34.8 Å². The number of hydrogen-bond donors (Lipinski definition) is 1. The maximum absolute atomic E-state index is 5.73. The van der Waals surface area contributed by atoms with Crippen LogP contribution < -0.4 is 14.8 Å². The van der Waals surface area contributed by atoms with E-state index in [1.807, 2.05) is 24.3 Å². The molecule has 0 fully saturated rings. The monoisotopic (exact) mass is 333 g/mol. The Morgan fingerprint density at radius 2 is 2.20 bits per heavy atom. The zero-order valence-corrected chi connectivity index (χ0v) is 12.9. The van der Waals surface area contributed by atoms with Crippen LogP contribution in [0.5, 0.6) is 11.5 Å². The zero-order valence-electron chi connectivity index (χ0n) is 11.3. The Morgan fingerprint density at radius 1 is 1.30 bits per heavy atom. The summed E-state index contributed by atoms with van der Waals surface area (Å²) >= 11 is 3.56. The second-order valence-corrected chi connectivity index (χ2v) is 5.65. The highest BCUT2D eigenvalue weighted by atomic mass is 79.9. The third-order valence-corrected chi connectivity index (χ3v) is 3.84. The molecule has 4 heteroatoms. The first-order valence-electron chi connectivity index (χ1n) is 6.58. The standard InChI is InChI=1S/C16H16BrNO2/c1-19-15-4-2-3-14(9-15)18-10-12-8-13(17)7-11-5-6-20-16(11)12/h2-4,7-9,18H,5-6,10H2,1H3. The lowest BCUT2D eigenvalue weighted by atomic mass is 10.1. The number of fused-ring (bicyclic) bond motifs is 1. The van der Waals surface area contributed by atoms with Crippen LogP contribution in [0.25, 0.3) is 0 Å². The smallest absolute Gasteiger partial charge is 0.127 e. The Morgan fingerprint density at radius 3 is 3.05 bits per heavy atom. The molecule has 104 valence electrons. The third-order valence-electron chi connectivity index (χ3n) is 3.38. The number of methoxy groups -OCH3 is 1. The molecule has 0 saturated heterocycles. The highest BCUT2D eigenvalue weighted by molar-refractivity contribution is 9.10. The summed E-state index contributed by atoms with van der Waals surface area (Å²) in [6.45, 7) is 1.51. The minimum Gasteiger partial charge on any atom is -0.497 e. The van der Waals surface area contributed by atoms with E-state index in [1.165, 1.54) is 11.1 Å². The van der Waals surface area contributed by atoms with E-state index < -0.39 is 0 Å². The summed E-state index contributed by atoms with van der Waals surface area (Å²) in [6.07, 6.45) is 0.987. The minimum atomic E-state index is 0.731. The van der Waals surface area contributed by atoms with Gasteiger partial charge in [-0.2, -0.15) is 0 Å². The fraction of sp³-hybridized carbons (Fsp3) is 0.250. The lowest BCUT2D eigenvalue weighted by Gasteiger charge is -2.12. The summed E-state index contributed by atoms with van der Waals surface area (Å²) in [6, 6.07) is 12.2. The molecule has 1 N–H and O–H groups in total. The molecule has 2 aromatic rings. The summed E-state index contributed by atoms with van der Waals surface area (Å²) in [5.74, 6) is 1.88. The minimum absolute atomic E-state index is 0.731. The van der Waals surface area contributed by atoms with Gasteiger partial charge in [0.1, 0.15) is 11.5 Å². The highest BCUT2D eigenvalue weighted by Gasteiger charge is 2.17. The topological polar surface area (TPSA) is 30.5 Å². The van der Waals surface area contributed by atoms with E-state index in [2.05, 4.69) is 33.4 Å². The normalized spacial score (nSPS) is 12.7. The molecule has 2 aromatic carbocycles. The van der Waals surface area contributed by atoms with E-state index in [9.17, 15) is 0 Å². The van der Waals surface area contributed by atoms with E-state index in [0.29, 0.717) is 0 Å². The molecule has 1 aliphatic heterocycles. The first-order valence-corrected chi connectivity index (χ1v) is 7.37. The number of rotatable bonds is 4. The number of benzene rings is 2. The number of halogens is 1. The van der Waals surface area contributed by atoms with E-state index in [0.717, 1.165) is 41.2 Å². The first kappa shape index (κ1) is 13.3. The van der Waals surface area contributed by atoms with Gasteiger partial charge in [-0.05, 0) is 29.8 Å². The highest BCUT2D eigenvalue weighted by Crippen LogP contribution is 2.33. The quantitative estimate of drug-likeness (QED) is 0.917. The molecule has 0 saturated carbocycles. The Kier molecular flexibility index (Phi) is 3.83. The summed E-state index contributed by atoms with van der Waals surface area (Å²) in [7, 11) is 1.67. The predicted molar refractivity (Wildman–Crippen MR) is 83.7 cm³/mol. The molecule has 1 aliphatic rings. The van der Waals surface area contributed by atoms with E-state index in [4.69, 9.17) is 9.47 Å².